The number of carbonyl (C=O) groups is 2. The van der Waals surface area contributed by atoms with Crippen molar-refractivity contribution in [2.24, 2.45) is 0 Å². The Kier molecular flexibility index (Phi) is 4.27. The highest BCUT2D eigenvalue weighted by atomic mass is 35.5. The molecule has 0 saturated carbocycles. The highest BCUT2D eigenvalue weighted by Crippen LogP contribution is 2.20. The molecule has 6 nitrogen and oxygen atoms in total. The van der Waals surface area contributed by atoms with Gasteiger partial charge in [-0.05, 0) is 12.1 Å². The van der Waals surface area contributed by atoms with Gasteiger partial charge in [0.25, 0.3) is 5.91 Å². The second kappa shape index (κ2) is 6.12. The van der Waals surface area contributed by atoms with Crippen molar-refractivity contribution in [1.29, 1.82) is 0 Å². The Morgan fingerprint density at radius 1 is 1.20 bits per heavy atom. The average Bonchev–Trinajstić information content (AvgIpc) is 2.45. The van der Waals surface area contributed by atoms with Crippen molar-refractivity contribution in [3.63, 3.8) is 0 Å². The van der Waals surface area contributed by atoms with E-state index in [-0.39, 0.29) is 5.69 Å². The molecule has 0 aliphatic rings. The second-order valence-corrected chi connectivity index (χ2v) is 4.34. The van der Waals surface area contributed by atoms with Crippen LogP contribution in [0.4, 0.5) is 0 Å². The molecule has 0 bridgehead atoms. The zero-order chi connectivity index (χ0) is 14.5. The fourth-order valence-electron chi connectivity index (χ4n) is 1.52. The number of nitrogens with zero attached hydrogens (tertiary/aromatic N) is 2. The molecule has 0 saturated heterocycles. The molecule has 2 aromatic heterocycles. The Labute approximate surface area is 119 Å². The van der Waals surface area contributed by atoms with Crippen LogP contribution in [0.3, 0.4) is 0 Å². The first-order chi connectivity index (χ1) is 9.56. The SMILES string of the molecule is O=C(O)CNC(=O)c1ccc(-c2cncc(Cl)c2)cn1. The first-order valence-electron chi connectivity index (χ1n) is 5.63. The highest BCUT2D eigenvalue weighted by molar-refractivity contribution is 6.30. The Balaban J connectivity index is 2.14. The van der Waals surface area contributed by atoms with Gasteiger partial charge in [0.2, 0.25) is 0 Å². The first-order valence-corrected chi connectivity index (χ1v) is 6.01. The molecule has 7 heteroatoms. The smallest absolute Gasteiger partial charge is 0.322 e. The lowest BCUT2D eigenvalue weighted by Crippen LogP contribution is -2.29. The van der Waals surface area contributed by atoms with Crippen LogP contribution in [0.15, 0.2) is 36.8 Å². The minimum absolute atomic E-state index is 0.144. The minimum atomic E-state index is -1.11. The van der Waals surface area contributed by atoms with Crippen LogP contribution in [0.5, 0.6) is 0 Å². The summed E-state index contributed by atoms with van der Waals surface area (Å²) in [6.07, 6.45) is 4.66. The van der Waals surface area contributed by atoms with Crippen molar-refractivity contribution in [2.75, 3.05) is 6.54 Å². The number of carbonyl (C=O) groups excluding carboxylic acids is 1. The molecule has 2 N–H and O–H groups in total. The van der Waals surface area contributed by atoms with Crippen LogP contribution in [-0.4, -0.2) is 33.5 Å². The fraction of sp³-hybridized carbons (Fsp3) is 0.0769. The average molecular weight is 292 g/mol. The topological polar surface area (TPSA) is 92.2 Å². The molecule has 0 aromatic carbocycles. The molecule has 2 rings (SSSR count). The van der Waals surface area contributed by atoms with Gasteiger partial charge >= 0.3 is 5.97 Å². The third-order valence-corrected chi connectivity index (χ3v) is 2.64. The summed E-state index contributed by atoms with van der Waals surface area (Å²) in [7, 11) is 0. The molecular formula is C13H10ClN3O3. The number of hydrogen-bond donors (Lipinski definition) is 2. The van der Waals surface area contributed by atoms with Gasteiger partial charge in [0.15, 0.2) is 0 Å². The van der Waals surface area contributed by atoms with Crippen molar-refractivity contribution >= 4 is 23.5 Å². The molecule has 0 aliphatic heterocycles. The Bertz CT molecular complexity index is 644. The Morgan fingerprint density at radius 3 is 2.60 bits per heavy atom. The van der Waals surface area contributed by atoms with Crippen LogP contribution in [0.25, 0.3) is 11.1 Å². The summed E-state index contributed by atoms with van der Waals surface area (Å²) in [5.74, 6) is -1.65. The number of pyridine rings is 2. The number of aromatic nitrogens is 2. The van der Waals surface area contributed by atoms with Crippen molar-refractivity contribution in [2.45, 2.75) is 0 Å². The summed E-state index contributed by atoms with van der Waals surface area (Å²) in [6, 6.07) is 4.93. The normalized spacial score (nSPS) is 10.1. The molecule has 0 atom stereocenters. The summed E-state index contributed by atoms with van der Waals surface area (Å²) in [4.78, 5) is 29.9. The van der Waals surface area contributed by atoms with Gasteiger partial charge in [0.05, 0.1) is 5.02 Å². The number of nitrogens with one attached hydrogen (secondary N) is 1. The number of aliphatic carboxylic acids is 1. The second-order valence-electron chi connectivity index (χ2n) is 3.90. The van der Waals surface area contributed by atoms with Gasteiger partial charge in [-0.3, -0.25) is 19.6 Å². The van der Waals surface area contributed by atoms with E-state index in [1.807, 2.05) is 0 Å². The van der Waals surface area contributed by atoms with E-state index in [1.54, 1.807) is 18.3 Å². The standard InChI is InChI=1S/C13H10ClN3O3/c14-10-3-9(4-15-6-10)8-1-2-11(16-5-8)13(20)17-7-12(18)19/h1-6H,7H2,(H,17,20)(H,18,19). The molecular weight excluding hydrogens is 282 g/mol. The van der Waals surface area contributed by atoms with E-state index >= 15 is 0 Å². The maximum absolute atomic E-state index is 11.6. The van der Waals surface area contributed by atoms with Crippen LogP contribution in [0.2, 0.25) is 5.02 Å². The molecule has 0 unspecified atom stereocenters. The number of rotatable bonds is 4. The molecule has 0 spiro atoms. The third-order valence-electron chi connectivity index (χ3n) is 2.43. The Morgan fingerprint density at radius 2 is 2.00 bits per heavy atom. The number of hydrogen-bond acceptors (Lipinski definition) is 4. The van der Waals surface area contributed by atoms with Gasteiger partial charge in [0, 0.05) is 29.7 Å². The van der Waals surface area contributed by atoms with E-state index in [4.69, 9.17) is 16.7 Å². The molecule has 0 fully saturated rings. The summed E-state index contributed by atoms with van der Waals surface area (Å²) < 4.78 is 0. The van der Waals surface area contributed by atoms with Gasteiger partial charge in [-0.2, -0.15) is 0 Å². The zero-order valence-corrected chi connectivity index (χ0v) is 11.0. The number of carboxylic acid groups (broad SMARTS) is 1. The van der Waals surface area contributed by atoms with Crippen LogP contribution < -0.4 is 5.32 Å². The van der Waals surface area contributed by atoms with Gasteiger partial charge in [0.1, 0.15) is 12.2 Å². The zero-order valence-electron chi connectivity index (χ0n) is 10.2. The predicted molar refractivity (Wildman–Crippen MR) is 72.4 cm³/mol. The third kappa shape index (κ3) is 3.52. The highest BCUT2D eigenvalue weighted by Gasteiger charge is 2.09. The molecule has 102 valence electrons. The molecule has 2 heterocycles. The van der Waals surface area contributed by atoms with Crippen molar-refractivity contribution in [3.05, 3.63) is 47.5 Å². The van der Waals surface area contributed by atoms with Gasteiger partial charge in [-0.15, -0.1) is 0 Å². The van der Waals surface area contributed by atoms with E-state index in [9.17, 15) is 9.59 Å². The lowest BCUT2D eigenvalue weighted by Gasteiger charge is -2.04. The van der Waals surface area contributed by atoms with E-state index in [2.05, 4.69) is 15.3 Å². The van der Waals surface area contributed by atoms with Crippen LogP contribution in [-0.2, 0) is 4.79 Å². The largest absolute Gasteiger partial charge is 0.480 e. The monoisotopic (exact) mass is 291 g/mol. The van der Waals surface area contributed by atoms with E-state index in [0.29, 0.717) is 5.02 Å². The van der Waals surface area contributed by atoms with Gasteiger partial charge in [-0.1, -0.05) is 17.7 Å². The van der Waals surface area contributed by atoms with Crippen molar-refractivity contribution < 1.29 is 14.7 Å². The number of halogens is 1. The molecule has 2 aromatic rings. The quantitative estimate of drug-likeness (QED) is 0.893. The van der Waals surface area contributed by atoms with Crippen LogP contribution in [0.1, 0.15) is 10.5 Å². The molecule has 0 radical (unpaired) electrons. The van der Waals surface area contributed by atoms with Crippen LogP contribution >= 0.6 is 11.6 Å². The van der Waals surface area contributed by atoms with Gasteiger partial charge < -0.3 is 10.4 Å². The maximum atomic E-state index is 11.6. The summed E-state index contributed by atoms with van der Waals surface area (Å²) in [5, 5.41) is 11.2. The fourth-order valence-corrected chi connectivity index (χ4v) is 1.69. The van der Waals surface area contributed by atoms with Crippen LogP contribution in [0, 0.1) is 0 Å². The van der Waals surface area contributed by atoms with E-state index < -0.39 is 18.4 Å². The number of amides is 1. The van der Waals surface area contributed by atoms with E-state index in [1.165, 1.54) is 18.5 Å². The molecule has 1 amide bonds. The summed E-state index contributed by atoms with van der Waals surface area (Å²) in [5.41, 5.74) is 1.68. The lowest BCUT2D eigenvalue weighted by molar-refractivity contribution is -0.135. The first kappa shape index (κ1) is 14.0. The number of carboxylic acids is 1. The lowest BCUT2D eigenvalue weighted by atomic mass is 10.1. The van der Waals surface area contributed by atoms with Crippen molar-refractivity contribution in [3.8, 4) is 11.1 Å². The van der Waals surface area contributed by atoms with E-state index in [0.717, 1.165) is 11.1 Å². The summed E-state index contributed by atoms with van der Waals surface area (Å²) >= 11 is 5.84. The minimum Gasteiger partial charge on any atom is -0.480 e. The predicted octanol–water partition coefficient (Wildman–Crippen LogP) is 1.61. The molecule has 20 heavy (non-hydrogen) atoms. The van der Waals surface area contributed by atoms with Gasteiger partial charge in [-0.25, -0.2) is 0 Å². The maximum Gasteiger partial charge on any atom is 0.322 e. The Hall–Kier alpha value is -2.47. The molecule has 0 aliphatic carbocycles. The van der Waals surface area contributed by atoms with Crippen molar-refractivity contribution in [1.82, 2.24) is 15.3 Å². The summed E-state index contributed by atoms with van der Waals surface area (Å²) in [6.45, 7) is -0.444.